The summed E-state index contributed by atoms with van der Waals surface area (Å²) in [5.74, 6) is -0.343. The molecule has 0 aliphatic rings. The third-order valence-electron chi connectivity index (χ3n) is 2.32. The topological polar surface area (TPSA) is 76.1 Å². The number of halogens is 1. The molecule has 18 heavy (non-hydrogen) atoms. The lowest BCUT2D eigenvalue weighted by molar-refractivity contribution is 0.0956. The number of carbonyl (C=O) groups excluding carboxylic acids is 1. The maximum Gasteiger partial charge on any atom is 0.251 e. The minimum atomic E-state index is -3.07. The molecule has 5 nitrogen and oxygen atoms in total. The molecule has 0 saturated heterocycles. The lowest BCUT2D eigenvalue weighted by atomic mass is 10.2. The highest BCUT2D eigenvalue weighted by molar-refractivity contribution is 7.91. The summed E-state index contributed by atoms with van der Waals surface area (Å²) in [5.41, 5.74) is 1.01. The van der Waals surface area contributed by atoms with Gasteiger partial charge in [-0.05, 0) is 19.1 Å². The number of carbonyl (C=O) groups is 1. The number of amides is 1. The van der Waals surface area contributed by atoms with Gasteiger partial charge in [0.05, 0.1) is 5.75 Å². The fourth-order valence-electron chi connectivity index (χ4n) is 1.33. The Bertz CT molecular complexity index is 523. The molecule has 1 N–H and O–H groups in total. The van der Waals surface area contributed by atoms with Gasteiger partial charge in [-0.3, -0.25) is 4.79 Å². The molecule has 0 atom stereocenters. The van der Waals surface area contributed by atoms with Gasteiger partial charge in [0.15, 0.2) is 9.84 Å². The van der Waals surface area contributed by atoms with Crippen molar-refractivity contribution < 1.29 is 13.2 Å². The molecule has 0 radical (unpaired) electrons. The number of pyridine rings is 1. The van der Waals surface area contributed by atoms with E-state index < -0.39 is 9.84 Å². The second-order valence-electron chi connectivity index (χ2n) is 3.81. The fourth-order valence-corrected chi connectivity index (χ4v) is 2.28. The number of aryl methyl sites for hydroxylation is 1. The summed E-state index contributed by atoms with van der Waals surface area (Å²) >= 11 is 5.74. The molecule has 0 aliphatic heterocycles. The van der Waals surface area contributed by atoms with Crippen molar-refractivity contribution in [1.82, 2.24) is 10.3 Å². The average Bonchev–Trinajstić information content (AvgIpc) is 2.27. The zero-order chi connectivity index (χ0) is 13.8. The summed E-state index contributed by atoms with van der Waals surface area (Å²) in [5, 5.41) is 2.78. The Hall–Kier alpha value is -1.14. The van der Waals surface area contributed by atoms with Crippen LogP contribution < -0.4 is 5.32 Å². The normalized spacial score (nSPS) is 11.3. The van der Waals surface area contributed by atoms with Crippen molar-refractivity contribution in [2.24, 2.45) is 0 Å². The summed E-state index contributed by atoms with van der Waals surface area (Å²) in [6.45, 7) is 3.39. The van der Waals surface area contributed by atoms with Crippen molar-refractivity contribution in [3.8, 4) is 0 Å². The van der Waals surface area contributed by atoms with Crippen LogP contribution in [0.3, 0.4) is 0 Å². The Labute approximate surface area is 111 Å². The van der Waals surface area contributed by atoms with E-state index in [4.69, 9.17) is 11.6 Å². The highest BCUT2D eigenvalue weighted by Crippen LogP contribution is 2.10. The molecular formula is C11H15ClN2O3S. The van der Waals surface area contributed by atoms with E-state index in [1.54, 1.807) is 19.9 Å². The number of hydrogen-bond donors (Lipinski definition) is 1. The molecule has 0 aromatic carbocycles. The predicted octanol–water partition coefficient (Wildman–Crippen LogP) is 1.21. The summed E-state index contributed by atoms with van der Waals surface area (Å²) < 4.78 is 22.5. The fraction of sp³-hybridized carbons (Fsp3) is 0.455. The number of nitrogens with one attached hydrogen (secondary N) is 1. The zero-order valence-electron chi connectivity index (χ0n) is 10.2. The Morgan fingerprint density at radius 1 is 1.44 bits per heavy atom. The number of hydrogen-bond acceptors (Lipinski definition) is 4. The molecule has 100 valence electrons. The Kier molecular flexibility index (Phi) is 5.10. The van der Waals surface area contributed by atoms with E-state index in [1.165, 1.54) is 6.07 Å². The van der Waals surface area contributed by atoms with Gasteiger partial charge < -0.3 is 5.32 Å². The van der Waals surface area contributed by atoms with Crippen LogP contribution in [0.2, 0.25) is 5.15 Å². The molecule has 0 fully saturated rings. The van der Waals surface area contributed by atoms with Gasteiger partial charge in [0.2, 0.25) is 0 Å². The molecule has 0 saturated carbocycles. The third-order valence-corrected chi connectivity index (χ3v) is 4.22. The number of rotatable bonds is 5. The SMILES string of the molecule is CCS(=O)(=O)CCNC(=O)c1cc(C)nc(Cl)c1. The van der Waals surface area contributed by atoms with E-state index in [9.17, 15) is 13.2 Å². The minimum absolute atomic E-state index is 0.0625. The lowest BCUT2D eigenvalue weighted by Crippen LogP contribution is -2.29. The van der Waals surface area contributed by atoms with Crippen LogP contribution in [0.1, 0.15) is 23.0 Å². The van der Waals surface area contributed by atoms with E-state index >= 15 is 0 Å². The highest BCUT2D eigenvalue weighted by Gasteiger charge is 2.10. The first-order valence-electron chi connectivity index (χ1n) is 5.47. The standard InChI is InChI=1S/C11H15ClN2O3S/c1-3-18(16,17)5-4-13-11(15)9-6-8(2)14-10(12)7-9/h6-7H,3-5H2,1-2H3,(H,13,15). The van der Waals surface area contributed by atoms with Crippen molar-refractivity contribution >= 4 is 27.3 Å². The first-order valence-corrected chi connectivity index (χ1v) is 7.67. The monoisotopic (exact) mass is 290 g/mol. The summed E-state index contributed by atoms with van der Waals surface area (Å²) in [6, 6.07) is 3.04. The smallest absolute Gasteiger partial charge is 0.251 e. The van der Waals surface area contributed by atoms with Crippen molar-refractivity contribution in [3.63, 3.8) is 0 Å². The van der Waals surface area contributed by atoms with E-state index in [0.29, 0.717) is 11.3 Å². The Balaban J connectivity index is 2.61. The molecule has 1 amide bonds. The van der Waals surface area contributed by atoms with E-state index in [1.807, 2.05) is 0 Å². The quantitative estimate of drug-likeness (QED) is 0.827. The van der Waals surface area contributed by atoms with Crippen LogP contribution in [-0.2, 0) is 9.84 Å². The number of nitrogens with zero attached hydrogens (tertiary/aromatic N) is 1. The molecular weight excluding hydrogens is 276 g/mol. The van der Waals surface area contributed by atoms with Gasteiger partial charge >= 0.3 is 0 Å². The zero-order valence-corrected chi connectivity index (χ0v) is 11.8. The van der Waals surface area contributed by atoms with Crippen LogP contribution in [0.4, 0.5) is 0 Å². The Morgan fingerprint density at radius 3 is 2.67 bits per heavy atom. The van der Waals surface area contributed by atoms with Crippen LogP contribution in [0.5, 0.6) is 0 Å². The lowest BCUT2D eigenvalue weighted by Gasteiger charge is -2.06. The number of aromatic nitrogens is 1. The highest BCUT2D eigenvalue weighted by atomic mass is 35.5. The van der Waals surface area contributed by atoms with E-state index in [0.717, 1.165) is 0 Å². The molecule has 0 bridgehead atoms. The van der Waals surface area contributed by atoms with Crippen LogP contribution in [0.25, 0.3) is 0 Å². The van der Waals surface area contributed by atoms with Gasteiger partial charge in [0, 0.05) is 23.6 Å². The summed E-state index contributed by atoms with van der Waals surface area (Å²) in [4.78, 5) is 15.7. The van der Waals surface area contributed by atoms with Crippen LogP contribution >= 0.6 is 11.6 Å². The second-order valence-corrected chi connectivity index (χ2v) is 6.67. The molecule has 1 aromatic heterocycles. The minimum Gasteiger partial charge on any atom is -0.351 e. The van der Waals surface area contributed by atoms with Gasteiger partial charge in [-0.1, -0.05) is 18.5 Å². The van der Waals surface area contributed by atoms with Gasteiger partial charge in [0.1, 0.15) is 5.15 Å². The van der Waals surface area contributed by atoms with Gasteiger partial charge in [-0.25, -0.2) is 13.4 Å². The maximum atomic E-state index is 11.7. The Morgan fingerprint density at radius 2 is 2.11 bits per heavy atom. The van der Waals surface area contributed by atoms with Gasteiger partial charge in [-0.15, -0.1) is 0 Å². The summed E-state index contributed by atoms with van der Waals surface area (Å²) in [6.07, 6.45) is 0. The van der Waals surface area contributed by atoms with Crippen molar-refractivity contribution in [3.05, 3.63) is 28.5 Å². The molecule has 7 heteroatoms. The first-order chi connectivity index (χ1) is 8.34. The van der Waals surface area contributed by atoms with Gasteiger partial charge in [-0.2, -0.15) is 0 Å². The van der Waals surface area contributed by atoms with Crippen LogP contribution in [0, 0.1) is 6.92 Å². The average molecular weight is 291 g/mol. The van der Waals surface area contributed by atoms with Crippen LogP contribution in [-0.4, -0.2) is 37.4 Å². The molecule has 0 unspecified atom stereocenters. The molecule has 0 spiro atoms. The largest absolute Gasteiger partial charge is 0.351 e. The van der Waals surface area contributed by atoms with E-state index in [2.05, 4.69) is 10.3 Å². The van der Waals surface area contributed by atoms with Crippen molar-refractivity contribution in [2.75, 3.05) is 18.1 Å². The predicted molar refractivity (Wildman–Crippen MR) is 70.6 cm³/mol. The third kappa shape index (κ3) is 4.62. The van der Waals surface area contributed by atoms with Crippen molar-refractivity contribution in [1.29, 1.82) is 0 Å². The maximum absolute atomic E-state index is 11.7. The molecule has 0 aliphatic carbocycles. The number of sulfone groups is 1. The first kappa shape index (κ1) is 14.9. The molecule has 1 aromatic rings. The van der Waals surface area contributed by atoms with Crippen LogP contribution in [0.15, 0.2) is 12.1 Å². The summed E-state index contributed by atoms with van der Waals surface area (Å²) in [7, 11) is -3.07. The van der Waals surface area contributed by atoms with Gasteiger partial charge in [0.25, 0.3) is 5.91 Å². The molecule has 1 heterocycles. The molecule has 1 rings (SSSR count). The van der Waals surface area contributed by atoms with E-state index in [-0.39, 0.29) is 29.1 Å². The second kappa shape index (κ2) is 6.15. The van der Waals surface area contributed by atoms with Crippen molar-refractivity contribution in [2.45, 2.75) is 13.8 Å².